The van der Waals surface area contributed by atoms with Crippen LogP contribution < -0.4 is 0 Å². The maximum absolute atomic E-state index is 11.7. The van der Waals surface area contributed by atoms with E-state index in [1.165, 1.54) is 12.0 Å². The van der Waals surface area contributed by atoms with Crippen LogP contribution in [0.2, 0.25) is 0 Å². The highest BCUT2D eigenvalue weighted by Crippen LogP contribution is 2.64. The Kier molecular flexibility index (Phi) is 3.11. The Morgan fingerprint density at radius 3 is 2.77 bits per heavy atom. The highest BCUT2D eigenvalue weighted by Gasteiger charge is 2.61. The van der Waals surface area contributed by atoms with E-state index in [2.05, 4.69) is 12.8 Å². The lowest BCUT2D eigenvalue weighted by atomic mass is 9.50. The molecule has 0 spiro atoms. The van der Waals surface area contributed by atoms with Crippen LogP contribution in [-0.4, -0.2) is 16.5 Å². The molecule has 0 radical (unpaired) electrons. The van der Waals surface area contributed by atoms with Gasteiger partial charge in [0.15, 0.2) is 5.78 Å². The minimum Gasteiger partial charge on any atom is -0.377 e. The smallest absolute Gasteiger partial charge is 0.155 e. The monoisotopic (exact) mass is 298 g/mol. The number of hydrogen-bond acceptors (Lipinski definition) is 2. The molecule has 0 aromatic carbocycles. The zero-order valence-corrected chi connectivity index (χ0v) is 13.5. The topological polar surface area (TPSA) is 37.3 Å². The van der Waals surface area contributed by atoms with E-state index in [1.807, 2.05) is 6.08 Å². The fourth-order valence-corrected chi connectivity index (χ4v) is 6.43. The summed E-state index contributed by atoms with van der Waals surface area (Å²) in [5, 5.41) is 10.9. The molecule has 22 heavy (non-hydrogen) atoms. The van der Waals surface area contributed by atoms with Crippen LogP contribution in [0.1, 0.15) is 58.3 Å². The summed E-state index contributed by atoms with van der Waals surface area (Å²) in [6.45, 7) is 2.23. The lowest BCUT2D eigenvalue weighted by Crippen LogP contribution is -2.52. The van der Waals surface area contributed by atoms with E-state index in [-0.39, 0.29) is 5.41 Å². The van der Waals surface area contributed by atoms with Gasteiger partial charge in [-0.3, -0.25) is 4.79 Å². The minimum atomic E-state index is -0.902. The molecule has 0 heterocycles. The van der Waals surface area contributed by atoms with Gasteiger partial charge in [0.1, 0.15) is 5.60 Å². The lowest BCUT2D eigenvalue weighted by Gasteiger charge is -2.54. The van der Waals surface area contributed by atoms with Crippen molar-refractivity contribution < 1.29 is 9.90 Å². The minimum absolute atomic E-state index is 0.103. The second-order valence-corrected chi connectivity index (χ2v) is 8.30. The zero-order chi connectivity index (χ0) is 15.5. The fourth-order valence-electron chi connectivity index (χ4n) is 6.43. The molecular weight excluding hydrogens is 272 g/mol. The summed E-state index contributed by atoms with van der Waals surface area (Å²) < 4.78 is 0. The number of ketones is 1. The van der Waals surface area contributed by atoms with E-state index < -0.39 is 5.60 Å². The summed E-state index contributed by atoms with van der Waals surface area (Å²) in [6.07, 6.45) is 15.7. The Balaban J connectivity index is 1.65. The molecular formula is C20H26O2. The van der Waals surface area contributed by atoms with Gasteiger partial charge in [-0.2, -0.15) is 0 Å². The summed E-state index contributed by atoms with van der Waals surface area (Å²) >= 11 is 0. The van der Waals surface area contributed by atoms with Crippen LogP contribution in [0.25, 0.3) is 0 Å². The third-order valence-electron chi connectivity index (χ3n) is 7.69. The van der Waals surface area contributed by atoms with Gasteiger partial charge in [-0.05, 0) is 74.7 Å². The molecule has 118 valence electrons. The average Bonchev–Trinajstić information content (AvgIpc) is 2.79. The average molecular weight is 298 g/mol. The first kappa shape index (κ1) is 14.5. The van der Waals surface area contributed by atoms with E-state index in [4.69, 9.17) is 6.42 Å². The Bertz CT molecular complexity index is 583. The zero-order valence-electron chi connectivity index (χ0n) is 13.5. The summed E-state index contributed by atoms with van der Waals surface area (Å²) in [4.78, 5) is 11.7. The first-order valence-electron chi connectivity index (χ1n) is 8.92. The predicted octanol–water partition coefficient (Wildman–Crippen LogP) is 3.49. The van der Waals surface area contributed by atoms with Gasteiger partial charge in [0.05, 0.1) is 0 Å². The molecule has 0 aromatic rings. The second-order valence-electron chi connectivity index (χ2n) is 8.30. The number of terminal acetylenes is 1. The normalized spacial score (nSPS) is 50.4. The Morgan fingerprint density at radius 2 is 2.00 bits per heavy atom. The van der Waals surface area contributed by atoms with Gasteiger partial charge in [-0.1, -0.05) is 18.4 Å². The molecule has 4 unspecified atom stereocenters. The molecule has 3 fully saturated rings. The number of allylic oxidation sites excluding steroid dienone is 1. The number of aliphatic hydroxyl groups is 1. The van der Waals surface area contributed by atoms with Crippen molar-refractivity contribution in [2.24, 2.45) is 29.1 Å². The van der Waals surface area contributed by atoms with Gasteiger partial charge in [-0.15, -0.1) is 6.42 Å². The van der Waals surface area contributed by atoms with E-state index >= 15 is 0 Å². The van der Waals surface area contributed by atoms with Crippen molar-refractivity contribution in [3.05, 3.63) is 11.6 Å². The largest absolute Gasteiger partial charge is 0.377 e. The van der Waals surface area contributed by atoms with Crippen LogP contribution in [0.5, 0.6) is 0 Å². The van der Waals surface area contributed by atoms with E-state index in [1.54, 1.807) is 0 Å². The third kappa shape index (κ3) is 1.75. The highest BCUT2D eigenvalue weighted by atomic mass is 16.3. The SMILES string of the molecule is C#C[C@]1(O)CCC2C3CCC4=CC(=O)CC[C@@H]4C3CCC21C. The second kappa shape index (κ2) is 4.71. The van der Waals surface area contributed by atoms with Crippen molar-refractivity contribution in [1.29, 1.82) is 0 Å². The molecule has 4 aliphatic rings. The van der Waals surface area contributed by atoms with Crippen molar-refractivity contribution in [2.45, 2.75) is 63.9 Å². The van der Waals surface area contributed by atoms with Gasteiger partial charge in [0.25, 0.3) is 0 Å². The number of fused-ring (bicyclic) bond motifs is 5. The maximum Gasteiger partial charge on any atom is 0.155 e. The molecule has 0 aromatic heterocycles. The number of carbonyl (C=O) groups excluding carboxylic acids is 1. The molecule has 0 aliphatic heterocycles. The van der Waals surface area contributed by atoms with Crippen LogP contribution in [0.4, 0.5) is 0 Å². The molecule has 2 heteroatoms. The quantitative estimate of drug-likeness (QED) is 0.695. The number of rotatable bonds is 0. The van der Waals surface area contributed by atoms with Gasteiger partial charge >= 0.3 is 0 Å². The maximum atomic E-state index is 11.7. The van der Waals surface area contributed by atoms with Crippen LogP contribution in [0.3, 0.4) is 0 Å². The van der Waals surface area contributed by atoms with Crippen LogP contribution >= 0.6 is 0 Å². The van der Waals surface area contributed by atoms with E-state index in [9.17, 15) is 9.90 Å². The number of carbonyl (C=O) groups is 1. The summed E-state index contributed by atoms with van der Waals surface area (Å²) in [7, 11) is 0. The molecule has 0 amide bonds. The molecule has 6 atom stereocenters. The standard InChI is InChI=1S/C20H26O2/c1-3-20(22)11-9-18-17-6-4-13-12-14(21)5-7-15(13)16(17)8-10-19(18,20)2/h1,12,15-18,22H,4-11H2,2H3/t15-,16?,17?,18?,19?,20-/m0/s1. The van der Waals surface area contributed by atoms with Crippen molar-refractivity contribution in [2.75, 3.05) is 0 Å². The van der Waals surface area contributed by atoms with Crippen molar-refractivity contribution in [1.82, 2.24) is 0 Å². The van der Waals surface area contributed by atoms with E-state index in [0.717, 1.165) is 44.9 Å². The molecule has 0 saturated heterocycles. The predicted molar refractivity (Wildman–Crippen MR) is 85.9 cm³/mol. The summed E-state index contributed by atoms with van der Waals surface area (Å²) in [5.41, 5.74) is 0.418. The first-order valence-corrected chi connectivity index (χ1v) is 8.92. The Labute approximate surface area is 133 Å². The first-order chi connectivity index (χ1) is 10.5. The summed E-state index contributed by atoms with van der Waals surface area (Å²) in [5.74, 6) is 5.66. The van der Waals surface area contributed by atoms with Crippen molar-refractivity contribution in [3.8, 4) is 12.3 Å². The fraction of sp³-hybridized carbons (Fsp3) is 0.750. The van der Waals surface area contributed by atoms with Crippen LogP contribution in [0.15, 0.2) is 11.6 Å². The van der Waals surface area contributed by atoms with Gasteiger partial charge in [0.2, 0.25) is 0 Å². The van der Waals surface area contributed by atoms with Gasteiger partial charge < -0.3 is 5.11 Å². The highest BCUT2D eigenvalue weighted by molar-refractivity contribution is 5.91. The number of hydrogen-bond donors (Lipinski definition) is 1. The van der Waals surface area contributed by atoms with Crippen LogP contribution in [-0.2, 0) is 4.79 Å². The molecule has 4 rings (SSSR count). The summed E-state index contributed by atoms with van der Waals surface area (Å²) in [6, 6.07) is 0. The van der Waals surface area contributed by atoms with Crippen LogP contribution in [0, 0.1) is 41.4 Å². The molecule has 3 saturated carbocycles. The molecule has 1 N–H and O–H groups in total. The Morgan fingerprint density at radius 1 is 1.18 bits per heavy atom. The van der Waals surface area contributed by atoms with Crippen molar-refractivity contribution >= 4 is 5.78 Å². The van der Waals surface area contributed by atoms with Crippen molar-refractivity contribution in [3.63, 3.8) is 0 Å². The van der Waals surface area contributed by atoms with E-state index in [0.29, 0.717) is 29.5 Å². The lowest BCUT2D eigenvalue weighted by molar-refractivity contribution is -0.116. The Hall–Kier alpha value is -1.07. The molecule has 4 aliphatic carbocycles. The third-order valence-corrected chi connectivity index (χ3v) is 7.69. The van der Waals surface area contributed by atoms with Gasteiger partial charge in [-0.25, -0.2) is 0 Å². The van der Waals surface area contributed by atoms with Gasteiger partial charge in [0, 0.05) is 11.8 Å². The molecule has 2 nitrogen and oxygen atoms in total. The molecule has 0 bridgehead atoms.